The highest BCUT2D eigenvalue weighted by molar-refractivity contribution is 5.99. The number of carbonyl (C=O) groups is 1. The van der Waals surface area contributed by atoms with Crippen molar-refractivity contribution in [2.24, 2.45) is 7.05 Å². The van der Waals surface area contributed by atoms with Gasteiger partial charge in [-0.25, -0.2) is 0 Å². The van der Waals surface area contributed by atoms with Crippen LogP contribution in [0.25, 0.3) is 16.9 Å². The molecule has 5 rings (SSSR count). The topological polar surface area (TPSA) is 87.4 Å². The van der Waals surface area contributed by atoms with Crippen molar-refractivity contribution in [3.63, 3.8) is 0 Å². The molecule has 0 saturated heterocycles. The molecule has 150 valence electrons. The second-order valence-electron chi connectivity index (χ2n) is 7.02. The summed E-state index contributed by atoms with van der Waals surface area (Å²) in [6.45, 7) is 0.504. The summed E-state index contributed by atoms with van der Waals surface area (Å²) >= 11 is 0. The Kier molecular flexibility index (Phi) is 4.24. The van der Waals surface area contributed by atoms with E-state index in [1.165, 1.54) is 4.68 Å². The van der Waals surface area contributed by atoms with Crippen LogP contribution in [0, 0.1) is 0 Å². The van der Waals surface area contributed by atoms with Crippen LogP contribution in [0.1, 0.15) is 15.9 Å². The predicted octanol–water partition coefficient (Wildman–Crippen LogP) is 2.33. The molecule has 3 heterocycles. The van der Waals surface area contributed by atoms with Gasteiger partial charge in [0.2, 0.25) is 6.79 Å². The number of fused-ring (bicyclic) bond motifs is 2. The quantitative estimate of drug-likeness (QED) is 0.566. The van der Waals surface area contributed by atoms with Gasteiger partial charge in [-0.1, -0.05) is 24.3 Å². The van der Waals surface area contributed by atoms with Crippen LogP contribution < -0.4 is 20.3 Å². The van der Waals surface area contributed by atoms with Crippen LogP contribution in [0.2, 0.25) is 0 Å². The summed E-state index contributed by atoms with van der Waals surface area (Å²) in [5, 5.41) is 7.33. The predicted molar refractivity (Wildman–Crippen MR) is 109 cm³/mol. The molecule has 0 aromatic heterocycles. The van der Waals surface area contributed by atoms with Crippen LogP contribution in [0.5, 0.6) is 11.5 Å². The first-order valence-corrected chi connectivity index (χ1v) is 9.41. The lowest BCUT2D eigenvalue weighted by Crippen LogP contribution is -2.24. The summed E-state index contributed by atoms with van der Waals surface area (Å²) in [4.78, 5) is 25.8. The van der Waals surface area contributed by atoms with E-state index in [2.05, 4.69) is 10.4 Å². The van der Waals surface area contributed by atoms with E-state index in [-0.39, 0.29) is 18.3 Å². The molecule has 3 aliphatic rings. The number of para-hydroxylation sites is 1. The number of hydrogen-bond acceptors (Lipinski definition) is 5. The van der Waals surface area contributed by atoms with Gasteiger partial charge in [-0.05, 0) is 29.8 Å². The Morgan fingerprint density at radius 1 is 1.10 bits per heavy atom. The number of ether oxygens (including phenoxy) is 2. The Hall–Kier alpha value is -4.07. The molecular formula is C22H18N4O4. The van der Waals surface area contributed by atoms with E-state index in [1.807, 2.05) is 36.4 Å². The first-order valence-electron chi connectivity index (χ1n) is 9.41. The third-order valence-electron chi connectivity index (χ3n) is 4.93. The molecule has 1 amide bonds. The molecule has 2 aromatic carbocycles. The normalized spacial score (nSPS) is 12.3. The number of aryl methyl sites for hydroxylation is 1. The number of amides is 1. The Morgan fingerprint density at radius 3 is 2.73 bits per heavy atom. The average molecular weight is 402 g/mol. The average Bonchev–Trinajstić information content (AvgIpc) is 3.36. The van der Waals surface area contributed by atoms with Gasteiger partial charge in [0.15, 0.2) is 11.5 Å². The van der Waals surface area contributed by atoms with Gasteiger partial charge in [0.1, 0.15) is 5.69 Å². The number of aromatic nitrogens is 3. The highest BCUT2D eigenvalue weighted by atomic mass is 16.7. The molecule has 8 nitrogen and oxygen atoms in total. The fraction of sp³-hybridized carbons (Fsp3) is 0.136. The Balaban J connectivity index is 1.46. The van der Waals surface area contributed by atoms with Gasteiger partial charge < -0.3 is 19.4 Å². The first-order chi connectivity index (χ1) is 14.6. The molecule has 0 aliphatic carbocycles. The van der Waals surface area contributed by atoms with Gasteiger partial charge in [0.25, 0.3) is 11.5 Å². The van der Waals surface area contributed by atoms with E-state index in [1.54, 1.807) is 36.1 Å². The monoisotopic (exact) mass is 402 g/mol. The summed E-state index contributed by atoms with van der Waals surface area (Å²) in [5.74, 6) is 1.04. The lowest BCUT2D eigenvalue weighted by Gasteiger charge is -2.10. The van der Waals surface area contributed by atoms with Crippen molar-refractivity contribution >= 4 is 5.91 Å². The van der Waals surface area contributed by atoms with Crippen LogP contribution in [-0.2, 0) is 13.6 Å². The van der Waals surface area contributed by atoms with Crippen LogP contribution in [-0.4, -0.2) is 27.0 Å². The van der Waals surface area contributed by atoms with Crippen molar-refractivity contribution in [2.75, 3.05) is 6.79 Å². The van der Waals surface area contributed by atoms with Crippen molar-refractivity contribution in [2.45, 2.75) is 6.54 Å². The number of pyridine rings is 1. The molecule has 0 bridgehead atoms. The molecule has 0 unspecified atom stereocenters. The molecule has 0 saturated carbocycles. The highest BCUT2D eigenvalue weighted by Gasteiger charge is 2.24. The van der Waals surface area contributed by atoms with Crippen molar-refractivity contribution < 1.29 is 14.3 Å². The van der Waals surface area contributed by atoms with Crippen LogP contribution in [0.4, 0.5) is 0 Å². The number of nitrogens with one attached hydrogen (secondary N) is 1. The number of rotatable bonds is 4. The molecule has 30 heavy (non-hydrogen) atoms. The SMILES string of the molecule is Cn1cc(C(=O)NCc2ccc3c(c2)OCO3)c2nn(-c3ccccc3)c(=O)c-2c1. The number of benzene rings is 2. The minimum Gasteiger partial charge on any atom is -0.454 e. The van der Waals surface area contributed by atoms with Gasteiger partial charge in [-0.2, -0.15) is 9.78 Å². The molecule has 3 aliphatic heterocycles. The van der Waals surface area contributed by atoms with Gasteiger partial charge in [-0.15, -0.1) is 0 Å². The van der Waals surface area contributed by atoms with Crippen LogP contribution in [0.15, 0.2) is 65.7 Å². The summed E-state index contributed by atoms with van der Waals surface area (Å²) in [6, 6.07) is 14.7. The van der Waals surface area contributed by atoms with Crippen molar-refractivity contribution in [1.82, 2.24) is 19.7 Å². The summed E-state index contributed by atoms with van der Waals surface area (Å²) < 4.78 is 13.7. The zero-order valence-electron chi connectivity index (χ0n) is 16.2. The Bertz CT molecular complexity index is 1280. The zero-order valence-corrected chi connectivity index (χ0v) is 16.2. The van der Waals surface area contributed by atoms with Crippen LogP contribution >= 0.6 is 0 Å². The second-order valence-corrected chi connectivity index (χ2v) is 7.02. The van der Waals surface area contributed by atoms with E-state index >= 15 is 0 Å². The number of hydrogen-bond donors (Lipinski definition) is 1. The molecule has 0 radical (unpaired) electrons. The maximum atomic E-state index is 12.9. The van der Waals surface area contributed by atoms with E-state index in [0.717, 1.165) is 5.56 Å². The minimum absolute atomic E-state index is 0.200. The molecule has 0 spiro atoms. The molecule has 1 N–H and O–H groups in total. The van der Waals surface area contributed by atoms with Crippen molar-refractivity contribution in [1.29, 1.82) is 0 Å². The van der Waals surface area contributed by atoms with Crippen molar-refractivity contribution in [3.8, 4) is 28.4 Å². The number of nitrogens with zero attached hydrogens (tertiary/aromatic N) is 3. The summed E-state index contributed by atoms with van der Waals surface area (Å²) in [5.41, 5.74) is 2.35. The highest BCUT2D eigenvalue weighted by Crippen LogP contribution is 2.32. The largest absolute Gasteiger partial charge is 0.454 e. The lowest BCUT2D eigenvalue weighted by atomic mass is 10.1. The fourth-order valence-electron chi connectivity index (χ4n) is 3.47. The first kappa shape index (κ1) is 18.0. The zero-order chi connectivity index (χ0) is 20.7. The minimum atomic E-state index is -0.313. The van der Waals surface area contributed by atoms with Crippen molar-refractivity contribution in [3.05, 3.63) is 82.4 Å². The standard InChI is InChI=1S/C22H18N4O4/c1-25-11-16(21(27)23-10-14-7-8-18-19(9-14)30-13-29-18)20-17(12-25)22(28)26(24-20)15-5-3-2-4-6-15/h2-9,11-12H,10,13H2,1H3,(H,23,27). The molecule has 8 heteroatoms. The van der Waals surface area contributed by atoms with E-state index in [9.17, 15) is 9.59 Å². The summed E-state index contributed by atoms with van der Waals surface area (Å²) in [6.07, 6.45) is 3.35. The lowest BCUT2D eigenvalue weighted by molar-refractivity contribution is 0.0950. The fourth-order valence-corrected chi connectivity index (χ4v) is 3.47. The maximum absolute atomic E-state index is 12.9. The third-order valence-corrected chi connectivity index (χ3v) is 4.93. The maximum Gasteiger partial charge on any atom is 0.282 e. The third kappa shape index (κ3) is 3.08. The smallest absolute Gasteiger partial charge is 0.282 e. The van der Waals surface area contributed by atoms with E-state index in [4.69, 9.17) is 9.47 Å². The van der Waals surface area contributed by atoms with Gasteiger partial charge in [0, 0.05) is 26.0 Å². The second kappa shape index (κ2) is 7.07. The van der Waals surface area contributed by atoms with Crippen LogP contribution in [0.3, 0.4) is 0 Å². The Labute approximate surface area is 171 Å². The molecule has 0 atom stereocenters. The molecular weight excluding hydrogens is 384 g/mol. The van der Waals surface area contributed by atoms with E-state index in [0.29, 0.717) is 40.6 Å². The number of carbonyl (C=O) groups excluding carboxylic acids is 1. The van der Waals surface area contributed by atoms with E-state index < -0.39 is 0 Å². The van der Waals surface area contributed by atoms with Gasteiger partial charge in [-0.3, -0.25) is 9.59 Å². The van der Waals surface area contributed by atoms with Gasteiger partial charge >= 0.3 is 0 Å². The molecule has 0 fully saturated rings. The summed E-state index contributed by atoms with van der Waals surface area (Å²) in [7, 11) is 1.77. The Morgan fingerprint density at radius 2 is 1.90 bits per heavy atom. The van der Waals surface area contributed by atoms with Gasteiger partial charge in [0.05, 0.1) is 16.8 Å². The molecule has 2 aromatic rings.